The van der Waals surface area contributed by atoms with Crippen LogP contribution in [0, 0.1) is 5.92 Å². The quantitative estimate of drug-likeness (QED) is 0.728. The molecule has 0 saturated heterocycles. The van der Waals surface area contributed by atoms with Gasteiger partial charge >= 0.3 is 0 Å². The van der Waals surface area contributed by atoms with Crippen LogP contribution in [-0.2, 0) is 4.79 Å². The number of hydrogen-bond donors (Lipinski definition) is 2. The zero-order valence-electron chi connectivity index (χ0n) is 9.65. The largest absolute Gasteiger partial charge is 0.359 e. The number of aromatic amines is 1. The van der Waals surface area contributed by atoms with Crippen LogP contribution in [0.4, 0.5) is 5.82 Å². The summed E-state index contributed by atoms with van der Waals surface area (Å²) in [5.74, 6) is 0.368. The number of nitrogens with zero attached hydrogens (tertiary/aromatic N) is 2. The maximum atomic E-state index is 11.3. The molecule has 1 aromatic heterocycles. The number of hydrogen-bond acceptors (Lipinski definition) is 4. The topological polar surface area (TPSA) is 78.1 Å². The number of carbonyl (C=O) groups excluding carboxylic acids is 1. The summed E-state index contributed by atoms with van der Waals surface area (Å²) in [4.78, 5) is 30.6. The third-order valence-electron chi connectivity index (χ3n) is 2.30. The molecule has 1 unspecified atom stereocenters. The van der Waals surface area contributed by atoms with Crippen LogP contribution < -0.4 is 15.8 Å². The van der Waals surface area contributed by atoms with Gasteiger partial charge in [-0.1, -0.05) is 6.92 Å². The minimum absolute atomic E-state index is 0.0308. The highest BCUT2D eigenvalue weighted by atomic mass is 16.1. The second-order valence-electron chi connectivity index (χ2n) is 3.67. The molecule has 0 radical (unpaired) electrons. The second-order valence-corrected chi connectivity index (χ2v) is 3.67. The van der Waals surface area contributed by atoms with E-state index >= 15 is 0 Å². The average Bonchev–Trinajstić information content (AvgIpc) is 2.27. The van der Waals surface area contributed by atoms with Crippen molar-refractivity contribution in [3.8, 4) is 0 Å². The van der Waals surface area contributed by atoms with Gasteiger partial charge in [0.2, 0.25) is 5.91 Å². The van der Waals surface area contributed by atoms with E-state index in [-0.39, 0.29) is 17.4 Å². The van der Waals surface area contributed by atoms with Crippen molar-refractivity contribution in [3.63, 3.8) is 0 Å². The van der Waals surface area contributed by atoms with E-state index in [0.29, 0.717) is 12.4 Å². The van der Waals surface area contributed by atoms with Gasteiger partial charge in [0.25, 0.3) is 5.56 Å². The van der Waals surface area contributed by atoms with Gasteiger partial charge in [-0.15, -0.1) is 0 Å². The van der Waals surface area contributed by atoms with Crippen LogP contribution in [0.25, 0.3) is 0 Å². The van der Waals surface area contributed by atoms with Crippen molar-refractivity contribution in [2.45, 2.75) is 6.92 Å². The molecule has 1 amide bonds. The highest BCUT2D eigenvalue weighted by molar-refractivity contribution is 5.78. The molecule has 0 aliphatic heterocycles. The summed E-state index contributed by atoms with van der Waals surface area (Å²) < 4.78 is 0. The minimum Gasteiger partial charge on any atom is -0.359 e. The van der Waals surface area contributed by atoms with E-state index < -0.39 is 0 Å². The Balaban J connectivity index is 2.69. The lowest BCUT2D eigenvalue weighted by Crippen LogP contribution is -2.35. The van der Waals surface area contributed by atoms with Gasteiger partial charge in [0.1, 0.15) is 5.82 Å². The van der Waals surface area contributed by atoms with Crippen molar-refractivity contribution in [3.05, 3.63) is 22.7 Å². The molecule has 2 N–H and O–H groups in total. The van der Waals surface area contributed by atoms with E-state index in [1.54, 1.807) is 19.0 Å². The number of aromatic nitrogens is 2. The lowest BCUT2D eigenvalue weighted by molar-refractivity contribution is -0.123. The normalized spacial score (nSPS) is 11.9. The molecule has 0 bridgehead atoms. The van der Waals surface area contributed by atoms with E-state index in [4.69, 9.17) is 0 Å². The Labute approximate surface area is 93.7 Å². The fraction of sp³-hybridized carbons (Fsp3) is 0.500. The molecular formula is C10H16N4O2. The van der Waals surface area contributed by atoms with Crippen LogP contribution in [0.3, 0.4) is 0 Å². The van der Waals surface area contributed by atoms with Gasteiger partial charge in [0.15, 0.2) is 0 Å². The molecule has 16 heavy (non-hydrogen) atoms. The summed E-state index contributed by atoms with van der Waals surface area (Å²) in [7, 11) is 3.39. The van der Waals surface area contributed by atoms with Gasteiger partial charge in [-0.25, -0.2) is 4.98 Å². The van der Waals surface area contributed by atoms with Crippen LogP contribution in [0.5, 0.6) is 0 Å². The van der Waals surface area contributed by atoms with Crippen LogP contribution >= 0.6 is 0 Å². The Bertz CT molecular complexity index is 415. The smallest absolute Gasteiger partial charge is 0.252 e. The highest BCUT2D eigenvalue weighted by Gasteiger charge is 2.14. The maximum absolute atomic E-state index is 11.3. The third-order valence-corrected chi connectivity index (χ3v) is 2.30. The highest BCUT2D eigenvalue weighted by Crippen LogP contribution is 2.06. The molecule has 0 fully saturated rings. The zero-order valence-corrected chi connectivity index (χ0v) is 9.65. The van der Waals surface area contributed by atoms with E-state index in [2.05, 4.69) is 15.3 Å². The number of anilines is 1. The first-order chi connectivity index (χ1) is 7.54. The molecule has 6 heteroatoms. The molecule has 0 saturated carbocycles. The number of H-pyrrole nitrogens is 1. The molecule has 1 heterocycles. The molecule has 6 nitrogen and oxygen atoms in total. The lowest BCUT2D eigenvalue weighted by Gasteiger charge is -2.21. The van der Waals surface area contributed by atoms with Crippen molar-refractivity contribution in [1.29, 1.82) is 0 Å². The van der Waals surface area contributed by atoms with Gasteiger partial charge < -0.3 is 15.2 Å². The summed E-state index contributed by atoms with van der Waals surface area (Å²) in [6.45, 7) is 2.33. The number of carbonyl (C=O) groups is 1. The predicted molar refractivity (Wildman–Crippen MR) is 61.4 cm³/mol. The molecular weight excluding hydrogens is 208 g/mol. The summed E-state index contributed by atoms with van der Waals surface area (Å²) >= 11 is 0. The van der Waals surface area contributed by atoms with Crippen molar-refractivity contribution < 1.29 is 4.79 Å². The fourth-order valence-corrected chi connectivity index (χ4v) is 1.40. The Morgan fingerprint density at radius 1 is 1.69 bits per heavy atom. The SMILES string of the molecule is CNC(=O)C(C)CN(C)c1cc(=O)[nH]cn1. The summed E-state index contributed by atoms with van der Waals surface area (Å²) in [6.07, 6.45) is 1.35. The number of nitrogens with one attached hydrogen (secondary N) is 2. The van der Waals surface area contributed by atoms with Gasteiger partial charge in [-0.3, -0.25) is 9.59 Å². The Morgan fingerprint density at radius 3 is 2.94 bits per heavy atom. The molecule has 1 atom stereocenters. The summed E-state index contributed by atoms with van der Waals surface area (Å²) in [5.41, 5.74) is -0.204. The minimum atomic E-state index is -0.204. The summed E-state index contributed by atoms with van der Waals surface area (Å²) in [5, 5.41) is 2.58. The van der Waals surface area contributed by atoms with Crippen molar-refractivity contribution in [1.82, 2.24) is 15.3 Å². The van der Waals surface area contributed by atoms with Crippen molar-refractivity contribution >= 4 is 11.7 Å². The van der Waals surface area contributed by atoms with Gasteiger partial charge in [-0.2, -0.15) is 0 Å². The number of rotatable bonds is 4. The van der Waals surface area contributed by atoms with E-state index in [1.807, 2.05) is 6.92 Å². The average molecular weight is 224 g/mol. The van der Waals surface area contributed by atoms with E-state index in [9.17, 15) is 9.59 Å². The Morgan fingerprint density at radius 2 is 2.38 bits per heavy atom. The van der Waals surface area contributed by atoms with Gasteiger partial charge in [0, 0.05) is 26.7 Å². The standard InChI is InChI=1S/C10H16N4O2/c1-7(10(16)11-2)5-14(3)8-4-9(15)13-6-12-8/h4,6-7H,5H2,1-3H3,(H,11,16)(H,12,13,15). The van der Waals surface area contributed by atoms with Gasteiger partial charge in [0.05, 0.1) is 12.2 Å². The van der Waals surface area contributed by atoms with Crippen LogP contribution in [-0.4, -0.2) is 36.5 Å². The van der Waals surface area contributed by atoms with E-state index in [1.165, 1.54) is 12.4 Å². The van der Waals surface area contributed by atoms with Crippen LogP contribution in [0.15, 0.2) is 17.2 Å². The Kier molecular flexibility index (Phi) is 4.04. The second kappa shape index (κ2) is 5.29. The molecule has 1 rings (SSSR count). The molecule has 88 valence electrons. The monoisotopic (exact) mass is 224 g/mol. The third kappa shape index (κ3) is 3.08. The maximum Gasteiger partial charge on any atom is 0.252 e. The molecule has 0 aliphatic rings. The fourth-order valence-electron chi connectivity index (χ4n) is 1.40. The molecule has 0 aliphatic carbocycles. The predicted octanol–water partition coefficient (Wildman–Crippen LogP) is -0.412. The van der Waals surface area contributed by atoms with Crippen LogP contribution in [0.1, 0.15) is 6.92 Å². The molecule has 0 aromatic carbocycles. The van der Waals surface area contributed by atoms with Crippen LogP contribution in [0.2, 0.25) is 0 Å². The first-order valence-electron chi connectivity index (χ1n) is 5.02. The Hall–Kier alpha value is -1.85. The first kappa shape index (κ1) is 12.2. The lowest BCUT2D eigenvalue weighted by atomic mass is 10.1. The van der Waals surface area contributed by atoms with Gasteiger partial charge in [-0.05, 0) is 0 Å². The zero-order chi connectivity index (χ0) is 12.1. The van der Waals surface area contributed by atoms with Crippen molar-refractivity contribution in [2.24, 2.45) is 5.92 Å². The molecule has 1 aromatic rings. The van der Waals surface area contributed by atoms with Crippen molar-refractivity contribution in [2.75, 3.05) is 25.5 Å². The number of amides is 1. The summed E-state index contributed by atoms with van der Waals surface area (Å²) in [6, 6.07) is 1.40. The first-order valence-corrected chi connectivity index (χ1v) is 5.02. The molecule has 0 spiro atoms. The van der Waals surface area contributed by atoms with E-state index in [0.717, 1.165) is 0 Å².